The minimum Gasteiger partial charge on any atom is -0.366 e. The van der Waals surface area contributed by atoms with Gasteiger partial charge in [-0.3, -0.25) is 10.1 Å². The zero-order chi connectivity index (χ0) is 12.8. The summed E-state index contributed by atoms with van der Waals surface area (Å²) in [6.45, 7) is 5.77. The maximum atomic E-state index is 11.0. The molecule has 0 saturated carbocycles. The number of hydrogen-bond acceptors (Lipinski definition) is 3. The van der Waals surface area contributed by atoms with E-state index in [0.29, 0.717) is 5.69 Å². The summed E-state index contributed by atoms with van der Waals surface area (Å²) in [4.78, 5) is 12.8. The van der Waals surface area contributed by atoms with Gasteiger partial charge in [-0.25, -0.2) is 0 Å². The van der Waals surface area contributed by atoms with Gasteiger partial charge in [0.05, 0.1) is 4.92 Å². The first kappa shape index (κ1) is 14.0. The number of unbranched alkanes of at least 4 members (excludes halogenated alkanes) is 1. The maximum absolute atomic E-state index is 11.0. The van der Waals surface area contributed by atoms with Crippen LogP contribution in [0.3, 0.4) is 0 Å². The summed E-state index contributed by atoms with van der Waals surface area (Å²) in [5.74, 6) is 0. The first-order valence-corrected chi connectivity index (χ1v) is 6.58. The summed E-state index contributed by atoms with van der Waals surface area (Å²) in [6, 6.07) is 5.21. The number of rotatable bonds is 6. The molecule has 0 N–H and O–H groups in total. The highest BCUT2D eigenvalue weighted by molar-refractivity contribution is 9.10. The fourth-order valence-electron chi connectivity index (χ4n) is 1.71. The van der Waals surface area contributed by atoms with Crippen molar-refractivity contribution in [2.24, 2.45) is 0 Å². The topological polar surface area (TPSA) is 46.4 Å². The molecule has 0 bridgehead atoms. The molecule has 1 aromatic carbocycles. The predicted octanol–water partition coefficient (Wildman–Crippen LogP) is 3.98. The van der Waals surface area contributed by atoms with E-state index < -0.39 is 0 Å². The van der Waals surface area contributed by atoms with Crippen LogP contribution in [0.2, 0.25) is 0 Å². The second-order valence-electron chi connectivity index (χ2n) is 3.82. The van der Waals surface area contributed by atoms with Crippen molar-refractivity contribution in [2.45, 2.75) is 26.7 Å². The summed E-state index contributed by atoms with van der Waals surface area (Å²) in [7, 11) is 0. The molecular formula is C12H17BrN2O2. The number of nitro groups is 1. The molecule has 0 atom stereocenters. The largest absolute Gasteiger partial charge is 0.366 e. The third-order valence-corrected chi connectivity index (χ3v) is 3.13. The fourth-order valence-corrected chi connectivity index (χ4v) is 2.06. The van der Waals surface area contributed by atoms with E-state index in [1.54, 1.807) is 12.1 Å². The molecule has 0 amide bonds. The number of halogens is 1. The van der Waals surface area contributed by atoms with Gasteiger partial charge in [0, 0.05) is 23.6 Å². The van der Waals surface area contributed by atoms with Crippen molar-refractivity contribution in [3.63, 3.8) is 0 Å². The Labute approximate surface area is 110 Å². The van der Waals surface area contributed by atoms with Crippen LogP contribution in [0.5, 0.6) is 0 Å². The Balaban J connectivity index is 3.05. The minimum atomic E-state index is -0.325. The normalized spacial score (nSPS) is 10.3. The summed E-state index contributed by atoms with van der Waals surface area (Å²) >= 11 is 3.27. The minimum absolute atomic E-state index is 0.164. The standard InChI is InChI=1S/C12H17BrN2O2/c1-3-5-8-14(4-2)11-7-6-10(13)9-12(11)15(16)17/h6-7,9H,3-5,8H2,1-2H3. The van der Waals surface area contributed by atoms with E-state index in [4.69, 9.17) is 0 Å². The molecule has 0 aromatic heterocycles. The maximum Gasteiger partial charge on any atom is 0.293 e. The lowest BCUT2D eigenvalue weighted by molar-refractivity contribution is -0.384. The Morgan fingerprint density at radius 2 is 2.12 bits per heavy atom. The SMILES string of the molecule is CCCCN(CC)c1ccc(Br)cc1[N+](=O)[O-]. The second kappa shape index (κ2) is 6.59. The summed E-state index contributed by atoms with van der Waals surface area (Å²) in [5.41, 5.74) is 0.867. The van der Waals surface area contributed by atoms with Gasteiger partial charge in [-0.15, -0.1) is 0 Å². The molecule has 1 aromatic rings. The van der Waals surface area contributed by atoms with Gasteiger partial charge in [0.2, 0.25) is 0 Å². The summed E-state index contributed by atoms with van der Waals surface area (Å²) in [6.07, 6.45) is 2.13. The van der Waals surface area contributed by atoms with E-state index in [2.05, 4.69) is 22.9 Å². The molecule has 0 radical (unpaired) electrons. The fraction of sp³-hybridized carbons (Fsp3) is 0.500. The molecule has 5 heteroatoms. The second-order valence-corrected chi connectivity index (χ2v) is 4.74. The van der Waals surface area contributed by atoms with E-state index in [1.807, 2.05) is 17.9 Å². The van der Waals surface area contributed by atoms with Gasteiger partial charge in [-0.05, 0) is 25.5 Å². The zero-order valence-electron chi connectivity index (χ0n) is 10.1. The third kappa shape index (κ3) is 3.70. The van der Waals surface area contributed by atoms with Crippen molar-refractivity contribution in [2.75, 3.05) is 18.0 Å². The van der Waals surface area contributed by atoms with Crippen LogP contribution in [0.25, 0.3) is 0 Å². The number of benzene rings is 1. The van der Waals surface area contributed by atoms with Gasteiger partial charge in [0.15, 0.2) is 0 Å². The van der Waals surface area contributed by atoms with Crippen LogP contribution in [-0.2, 0) is 0 Å². The molecule has 17 heavy (non-hydrogen) atoms. The van der Waals surface area contributed by atoms with Crippen molar-refractivity contribution in [3.05, 3.63) is 32.8 Å². The van der Waals surface area contributed by atoms with Crippen LogP contribution in [0.15, 0.2) is 22.7 Å². The number of anilines is 1. The van der Waals surface area contributed by atoms with Crippen LogP contribution in [0, 0.1) is 10.1 Å². The van der Waals surface area contributed by atoms with Gasteiger partial charge in [0.25, 0.3) is 5.69 Å². The molecule has 0 aliphatic rings. The number of nitrogens with zero attached hydrogens (tertiary/aromatic N) is 2. The Morgan fingerprint density at radius 3 is 2.65 bits per heavy atom. The lowest BCUT2D eigenvalue weighted by Crippen LogP contribution is -2.24. The van der Waals surface area contributed by atoms with Crippen LogP contribution >= 0.6 is 15.9 Å². The van der Waals surface area contributed by atoms with Gasteiger partial charge < -0.3 is 4.90 Å². The quantitative estimate of drug-likeness (QED) is 0.589. The van der Waals surface area contributed by atoms with Crippen LogP contribution in [-0.4, -0.2) is 18.0 Å². The molecule has 4 nitrogen and oxygen atoms in total. The molecule has 0 aliphatic heterocycles. The van der Waals surface area contributed by atoms with Gasteiger partial charge in [-0.1, -0.05) is 29.3 Å². The highest BCUT2D eigenvalue weighted by Gasteiger charge is 2.18. The molecule has 0 fully saturated rings. The van der Waals surface area contributed by atoms with Crippen molar-refractivity contribution < 1.29 is 4.92 Å². The van der Waals surface area contributed by atoms with Gasteiger partial charge >= 0.3 is 0 Å². The highest BCUT2D eigenvalue weighted by Crippen LogP contribution is 2.31. The van der Waals surface area contributed by atoms with Crippen LogP contribution in [0.4, 0.5) is 11.4 Å². The lowest BCUT2D eigenvalue weighted by Gasteiger charge is -2.22. The van der Waals surface area contributed by atoms with Gasteiger partial charge in [0.1, 0.15) is 5.69 Å². The van der Waals surface area contributed by atoms with Crippen LogP contribution in [0.1, 0.15) is 26.7 Å². The zero-order valence-corrected chi connectivity index (χ0v) is 11.7. The molecule has 0 heterocycles. The van der Waals surface area contributed by atoms with Crippen molar-refractivity contribution >= 4 is 27.3 Å². The van der Waals surface area contributed by atoms with E-state index in [0.717, 1.165) is 30.4 Å². The Morgan fingerprint density at radius 1 is 1.41 bits per heavy atom. The molecular weight excluding hydrogens is 284 g/mol. The van der Waals surface area contributed by atoms with Crippen LogP contribution < -0.4 is 4.90 Å². The van der Waals surface area contributed by atoms with E-state index in [-0.39, 0.29) is 10.6 Å². The number of hydrogen-bond donors (Lipinski definition) is 0. The average molecular weight is 301 g/mol. The molecule has 0 saturated heterocycles. The lowest BCUT2D eigenvalue weighted by atomic mass is 10.2. The molecule has 1 rings (SSSR count). The van der Waals surface area contributed by atoms with E-state index in [9.17, 15) is 10.1 Å². The number of nitro benzene ring substituents is 1. The summed E-state index contributed by atoms with van der Waals surface area (Å²) in [5, 5.41) is 11.0. The summed E-state index contributed by atoms with van der Waals surface area (Å²) < 4.78 is 0.736. The van der Waals surface area contributed by atoms with Crippen molar-refractivity contribution in [1.82, 2.24) is 0 Å². The predicted molar refractivity (Wildman–Crippen MR) is 73.6 cm³/mol. The Bertz CT molecular complexity index is 396. The Hall–Kier alpha value is -1.10. The molecule has 94 valence electrons. The van der Waals surface area contributed by atoms with E-state index in [1.165, 1.54) is 0 Å². The van der Waals surface area contributed by atoms with Gasteiger partial charge in [-0.2, -0.15) is 0 Å². The first-order chi connectivity index (χ1) is 8.10. The average Bonchev–Trinajstić information content (AvgIpc) is 2.31. The smallest absolute Gasteiger partial charge is 0.293 e. The molecule has 0 aliphatic carbocycles. The first-order valence-electron chi connectivity index (χ1n) is 5.79. The third-order valence-electron chi connectivity index (χ3n) is 2.64. The molecule has 0 unspecified atom stereocenters. The monoisotopic (exact) mass is 300 g/mol. The molecule has 0 spiro atoms. The van der Waals surface area contributed by atoms with E-state index >= 15 is 0 Å². The Kier molecular flexibility index (Phi) is 5.41. The highest BCUT2D eigenvalue weighted by atomic mass is 79.9. The van der Waals surface area contributed by atoms with Crippen molar-refractivity contribution in [3.8, 4) is 0 Å². The van der Waals surface area contributed by atoms with Crippen molar-refractivity contribution in [1.29, 1.82) is 0 Å².